The summed E-state index contributed by atoms with van der Waals surface area (Å²) < 4.78 is 9.15. The van der Waals surface area contributed by atoms with Crippen molar-refractivity contribution in [1.82, 2.24) is 0 Å². The molecule has 0 bridgehead atoms. The van der Waals surface area contributed by atoms with E-state index in [-0.39, 0.29) is 5.57 Å². The van der Waals surface area contributed by atoms with E-state index >= 15 is 0 Å². The first-order valence-electron chi connectivity index (χ1n) is 3.53. The highest BCUT2D eigenvalue weighted by Crippen LogP contribution is 2.03. The van der Waals surface area contributed by atoms with E-state index in [4.69, 9.17) is 10.00 Å². The maximum atomic E-state index is 10.9. The molecule has 0 heterocycles. The minimum atomic E-state index is -0.792. The van der Waals surface area contributed by atoms with Crippen molar-refractivity contribution in [3.63, 3.8) is 0 Å². The monoisotopic (exact) mass is 169 g/mol. The Morgan fingerprint density at radius 2 is 2.33 bits per heavy atom. The SMILES string of the molecule is C=C(C)C(=O)OC(CC)OC#N. The Hall–Kier alpha value is -1.50. The average Bonchev–Trinajstić information content (AvgIpc) is 2.03. The van der Waals surface area contributed by atoms with Crippen LogP contribution in [-0.2, 0) is 14.3 Å². The summed E-state index contributed by atoms with van der Waals surface area (Å²) in [5.41, 5.74) is 0.287. The highest BCUT2D eigenvalue weighted by atomic mass is 16.7. The van der Waals surface area contributed by atoms with Gasteiger partial charge in [-0.15, -0.1) is 0 Å². The lowest BCUT2D eigenvalue weighted by Gasteiger charge is -2.11. The lowest BCUT2D eigenvalue weighted by atomic mass is 10.3. The van der Waals surface area contributed by atoms with Gasteiger partial charge in [0.2, 0.25) is 0 Å². The fourth-order valence-corrected chi connectivity index (χ4v) is 0.469. The molecule has 0 saturated heterocycles. The number of carbonyl (C=O) groups is 1. The second kappa shape index (κ2) is 5.19. The molecule has 12 heavy (non-hydrogen) atoms. The highest BCUT2D eigenvalue weighted by molar-refractivity contribution is 5.86. The largest absolute Gasteiger partial charge is 0.421 e. The standard InChI is InChI=1S/C8H11NO3/c1-4-7(11-5-9)12-8(10)6(2)3/h7H,2,4H2,1,3H3. The van der Waals surface area contributed by atoms with Crippen LogP contribution in [0.3, 0.4) is 0 Å². The molecule has 4 heteroatoms. The minimum absolute atomic E-state index is 0.287. The van der Waals surface area contributed by atoms with Crippen LogP contribution in [0.1, 0.15) is 20.3 Å². The molecule has 66 valence electrons. The van der Waals surface area contributed by atoms with Crippen LogP contribution >= 0.6 is 0 Å². The van der Waals surface area contributed by atoms with Gasteiger partial charge in [0, 0.05) is 12.0 Å². The van der Waals surface area contributed by atoms with Gasteiger partial charge < -0.3 is 9.47 Å². The van der Waals surface area contributed by atoms with Crippen molar-refractivity contribution in [3.05, 3.63) is 12.2 Å². The molecule has 0 aliphatic carbocycles. The predicted molar refractivity (Wildman–Crippen MR) is 41.7 cm³/mol. The number of nitriles is 1. The van der Waals surface area contributed by atoms with E-state index in [1.54, 1.807) is 6.92 Å². The zero-order chi connectivity index (χ0) is 9.56. The summed E-state index contributed by atoms with van der Waals surface area (Å²) in [6.45, 7) is 6.66. The Balaban J connectivity index is 3.95. The number of ether oxygens (including phenoxy) is 2. The van der Waals surface area contributed by atoms with Crippen LogP contribution in [0.2, 0.25) is 0 Å². The number of rotatable bonds is 4. The maximum absolute atomic E-state index is 10.9. The smallest absolute Gasteiger partial charge is 0.336 e. The van der Waals surface area contributed by atoms with Crippen LogP contribution < -0.4 is 0 Å². The van der Waals surface area contributed by atoms with E-state index in [0.29, 0.717) is 6.42 Å². The molecule has 0 amide bonds. The summed E-state index contributed by atoms with van der Waals surface area (Å²) in [6.07, 6.45) is 1.10. The molecule has 0 N–H and O–H groups in total. The van der Waals surface area contributed by atoms with Crippen LogP contribution in [0.5, 0.6) is 0 Å². The first-order chi connectivity index (χ1) is 5.61. The molecule has 0 aliphatic heterocycles. The molecule has 0 aromatic heterocycles. The highest BCUT2D eigenvalue weighted by Gasteiger charge is 2.12. The molecule has 0 spiro atoms. The van der Waals surface area contributed by atoms with Crippen LogP contribution in [0, 0.1) is 11.5 Å². The molecular formula is C8H11NO3. The van der Waals surface area contributed by atoms with Gasteiger partial charge in [0.1, 0.15) is 0 Å². The number of esters is 1. The second-order valence-electron chi connectivity index (χ2n) is 2.23. The maximum Gasteiger partial charge on any atom is 0.336 e. The number of nitrogens with zero attached hydrogens (tertiary/aromatic N) is 1. The van der Waals surface area contributed by atoms with Crippen molar-refractivity contribution in [2.75, 3.05) is 0 Å². The Bertz CT molecular complexity index is 217. The van der Waals surface area contributed by atoms with Gasteiger partial charge >= 0.3 is 5.97 Å². The Morgan fingerprint density at radius 3 is 2.67 bits per heavy atom. The third kappa shape index (κ3) is 3.62. The normalized spacial score (nSPS) is 11.1. The molecule has 1 atom stereocenters. The number of carbonyl (C=O) groups excluding carboxylic acids is 1. The van der Waals surface area contributed by atoms with E-state index in [0.717, 1.165) is 0 Å². The van der Waals surface area contributed by atoms with Crippen LogP contribution in [0.25, 0.3) is 0 Å². The molecule has 0 fully saturated rings. The molecular weight excluding hydrogens is 158 g/mol. The van der Waals surface area contributed by atoms with Gasteiger partial charge in [0.05, 0.1) is 0 Å². The topological polar surface area (TPSA) is 59.3 Å². The lowest BCUT2D eigenvalue weighted by Crippen LogP contribution is -2.19. The second-order valence-corrected chi connectivity index (χ2v) is 2.23. The summed E-state index contributed by atoms with van der Waals surface area (Å²) in [5.74, 6) is -0.544. The van der Waals surface area contributed by atoms with Crippen molar-refractivity contribution < 1.29 is 14.3 Å². The fraction of sp³-hybridized carbons (Fsp3) is 0.500. The quantitative estimate of drug-likeness (QED) is 0.276. The summed E-state index contributed by atoms with van der Waals surface area (Å²) in [6, 6.07) is 0. The summed E-state index contributed by atoms with van der Waals surface area (Å²) >= 11 is 0. The van der Waals surface area contributed by atoms with Gasteiger partial charge in [-0.3, -0.25) is 0 Å². The van der Waals surface area contributed by atoms with Crippen LogP contribution in [-0.4, -0.2) is 12.3 Å². The fourth-order valence-electron chi connectivity index (χ4n) is 0.469. The summed E-state index contributed by atoms with van der Waals surface area (Å²) in [7, 11) is 0. The molecule has 0 aromatic rings. The van der Waals surface area contributed by atoms with Crippen molar-refractivity contribution in [3.8, 4) is 6.26 Å². The van der Waals surface area contributed by atoms with Gasteiger partial charge in [-0.2, -0.15) is 5.26 Å². The van der Waals surface area contributed by atoms with Gasteiger partial charge in [-0.25, -0.2) is 4.79 Å². The van der Waals surface area contributed by atoms with Gasteiger partial charge in [0.25, 0.3) is 12.5 Å². The van der Waals surface area contributed by atoms with Crippen molar-refractivity contribution in [1.29, 1.82) is 5.26 Å². The predicted octanol–water partition coefficient (Wildman–Crippen LogP) is 1.34. The Labute approximate surface area is 71.4 Å². The molecule has 4 nitrogen and oxygen atoms in total. The van der Waals surface area contributed by atoms with Crippen molar-refractivity contribution in [2.24, 2.45) is 0 Å². The molecule has 0 rings (SSSR count). The average molecular weight is 169 g/mol. The summed E-state index contributed by atoms with van der Waals surface area (Å²) in [4.78, 5) is 10.9. The van der Waals surface area contributed by atoms with Crippen molar-refractivity contribution >= 4 is 5.97 Å². The molecule has 1 unspecified atom stereocenters. The van der Waals surface area contributed by atoms with Gasteiger partial charge in [0.15, 0.2) is 0 Å². The van der Waals surface area contributed by atoms with Crippen LogP contribution in [0.4, 0.5) is 0 Å². The van der Waals surface area contributed by atoms with Crippen molar-refractivity contribution in [2.45, 2.75) is 26.6 Å². The van der Waals surface area contributed by atoms with E-state index in [9.17, 15) is 4.79 Å². The van der Waals surface area contributed by atoms with Crippen LogP contribution in [0.15, 0.2) is 12.2 Å². The molecule has 0 radical (unpaired) electrons. The zero-order valence-electron chi connectivity index (χ0n) is 7.16. The van der Waals surface area contributed by atoms with Gasteiger partial charge in [-0.1, -0.05) is 13.5 Å². The lowest BCUT2D eigenvalue weighted by molar-refractivity contribution is -0.162. The van der Waals surface area contributed by atoms with Gasteiger partial charge in [-0.05, 0) is 6.92 Å². The Morgan fingerprint density at radius 1 is 1.75 bits per heavy atom. The number of hydrogen-bond acceptors (Lipinski definition) is 4. The first kappa shape index (κ1) is 10.5. The van der Waals surface area contributed by atoms with E-state index < -0.39 is 12.3 Å². The van der Waals surface area contributed by atoms with E-state index in [1.807, 2.05) is 0 Å². The summed E-state index contributed by atoms with van der Waals surface area (Å²) in [5, 5.41) is 8.13. The molecule has 0 aliphatic rings. The first-order valence-corrected chi connectivity index (χ1v) is 3.53. The third-order valence-corrected chi connectivity index (χ3v) is 1.10. The Kier molecular flexibility index (Phi) is 4.54. The number of hydrogen-bond donors (Lipinski definition) is 0. The third-order valence-electron chi connectivity index (χ3n) is 1.10. The molecule has 0 saturated carbocycles. The minimum Gasteiger partial charge on any atom is -0.421 e. The molecule has 0 aromatic carbocycles. The van der Waals surface area contributed by atoms with E-state index in [1.165, 1.54) is 13.2 Å². The van der Waals surface area contributed by atoms with E-state index in [2.05, 4.69) is 11.3 Å². The zero-order valence-corrected chi connectivity index (χ0v) is 7.16.